The van der Waals surface area contributed by atoms with Gasteiger partial charge in [0, 0.05) is 0 Å². The molecule has 0 unspecified atom stereocenters. The van der Waals surface area contributed by atoms with Gasteiger partial charge in [-0.3, -0.25) is 4.79 Å². The summed E-state index contributed by atoms with van der Waals surface area (Å²) in [6, 6.07) is 2.45. The van der Waals surface area contributed by atoms with Gasteiger partial charge in [0.15, 0.2) is 0 Å². The van der Waals surface area contributed by atoms with Crippen LogP contribution in [-0.2, 0) is 0 Å². The lowest BCUT2D eigenvalue weighted by molar-refractivity contribution is 0.100. The molecule has 5 heteroatoms. The Morgan fingerprint density at radius 2 is 2.23 bits per heavy atom. The Labute approximate surface area is 73.9 Å². The van der Waals surface area contributed by atoms with Crippen molar-refractivity contribution in [3.8, 4) is 0 Å². The van der Waals surface area contributed by atoms with Crippen molar-refractivity contribution in [3.05, 3.63) is 23.5 Å². The maximum atomic E-state index is 12.9. The number of fused-ring (bicyclic) bond motifs is 1. The summed E-state index contributed by atoms with van der Waals surface area (Å²) in [4.78, 5) is 10.9. The number of amides is 1. The Morgan fingerprint density at radius 1 is 1.46 bits per heavy atom. The average Bonchev–Trinajstić information content (AvgIpc) is 2.49. The smallest absolute Gasteiger partial charge is 0.250 e. The molecular weight excluding hydrogens is 173 g/mol. The van der Waals surface area contributed by atoms with E-state index in [-0.39, 0.29) is 5.56 Å². The third-order valence-electron chi connectivity index (χ3n) is 1.91. The molecule has 13 heavy (non-hydrogen) atoms. The first-order valence-corrected chi connectivity index (χ1v) is 3.79. The summed E-state index contributed by atoms with van der Waals surface area (Å²) in [5, 5.41) is 5.78. The van der Waals surface area contributed by atoms with Gasteiger partial charge in [0.1, 0.15) is 5.82 Å². The van der Waals surface area contributed by atoms with Crippen molar-refractivity contribution < 1.29 is 9.18 Å². The summed E-state index contributed by atoms with van der Waals surface area (Å²) in [5.74, 6) is -1.10. The third-order valence-corrected chi connectivity index (χ3v) is 1.91. The number of halogens is 1. The van der Waals surface area contributed by atoms with Crippen LogP contribution in [0.25, 0.3) is 0 Å². The van der Waals surface area contributed by atoms with Gasteiger partial charge in [-0.2, -0.15) is 0 Å². The van der Waals surface area contributed by atoms with E-state index in [1.54, 1.807) is 0 Å². The maximum Gasteiger partial charge on any atom is 0.250 e. The Hall–Kier alpha value is -1.78. The van der Waals surface area contributed by atoms with E-state index in [0.29, 0.717) is 18.0 Å². The second-order valence-electron chi connectivity index (χ2n) is 2.77. The Kier molecular flexibility index (Phi) is 1.58. The molecule has 0 radical (unpaired) electrons. The highest BCUT2D eigenvalue weighted by Crippen LogP contribution is 2.30. The molecule has 1 aliphatic rings. The molecule has 68 valence electrons. The molecule has 0 aliphatic carbocycles. The number of rotatable bonds is 1. The van der Waals surface area contributed by atoms with Crippen molar-refractivity contribution in [2.24, 2.45) is 5.73 Å². The number of benzene rings is 1. The number of anilines is 2. The molecule has 1 amide bonds. The summed E-state index contributed by atoms with van der Waals surface area (Å²) in [7, 11) is 0. The first-order valence-electron chi connectivity index (χ1n) is 3.79. The fourth-order valence-corrected chi connectivity index (χ4v) is 1.36. The minimum atomic E-state index is -0.632. The molecule has 0 bridgehead atoms. The summed E-state index contributed by atoms with van der Waals surface area (Å²) < 4.78 is 12.9. The van der Waals surface area contributed by atoms with Crippen LogP contribution < -0.4 is 16.4 Å². The van der Waals surface area contributed by atoms with Gasteiger partial charge >= 0.3 is 0 Å². The van der Waals surface area contributed by atoms with Crippen LogP contribution in [0.2, 0.25) is 0 Å². The normalized spacial score (nSPS) is 13.0. The lowest BCUT2D eigenvalue weighted by atomic mass is 10.1. The average molecular weight is 181 g/mol. The predicted octanol–water partition coefficient (Wildman–Crippen LogP) is 0.719. The molecule has 0 fully saturated rings. The van der Waals surface area contributed by atoms with Crippen LogP contribution >= 0.6 is 0 Å². The fourth-order valence-electron chi connectivity index (χ4n) is 1.36. The molecule has 1 aliphatic heterocycles. The molecule has 4 N–H and O–H groups in total. The molecule has 0 aromatic heterocycles. The van der Waals surface area contributed by atoms with E-state index in [2.05, 4.69) is 10.6 Å². The molecule has 0 saturated heterocycles. The summed E-state index contributed by atoms with van der Waals surface area (Å²) in [6.45, 7) is 0.485. The molecule has 2 rings (SSSR count). The Balaban J connectivity index is 2.62. The van der Waals surface area contributed by atoms with Crippen molar-refractivity contribution in [3.63, 3.8) is 0 Å². The number of carbonyl (C=O) groups excluding carboxylic acids is 1. The molecule has 1 aromatic carbocycles. The second kappa shape index (κ2) is 2.62. The molecule has 4 nitrogen and oxygen atoms in total. The monoisotopic (exact) mass is 181 g/mol. The van der Waals surface area contributed by atoms with Crippen molar-refractivity contribution in [1.29, 1.82) is 0 Å². The SMILES string of the molecule is NC(=O)c1cc(F)cc2c1NCN2. The van der Waals surface area contributed by atoms with Gasteiger partial charge in [0.05, 0.1) is 23.6 Å². The zero-order valence-corrected chi connectivity index (χ0v) is 6.73. The molecule has 1 heterocycles. The van der Waals surface area contributed by atoms with Gasteiger partial charge < -0.3 is 16.4 Å². The standard InChI is InChI=1S/C8H8FN3O/c9-4-1-5(8(10)13)7-6(2-4)11-3-12-7/h1-2,11-12H,3H2,(H2,10,13). The van der Waals surface area contributed by atoms with E-state index in [4.69, 9.17) is 5.73 Å². The predicted molar refractivity (Wildman–Crippen MR) is 47.0 cm³/mol. The van der Waals surface area contributed by atoms with Crippen molar-refractivity contribution >= 4 is 17.3 Å². The van der Waals surface area contributed by atoms with Gasteiger partial charge in [0.25, 0.3) is 5.91 Å². The fraction of sp³-hybridized carbons (Fsp3) is 0.125. The summed E-state index contributed by atoms with van der Waals surface area (Å²) >= 11 is 0. The largest absolute Gasteiger partial charge is 0.366 e. The van der Waals surface area contributed by atoms with Gasteiger partial charge in [-0.15, -0.1) is 0 Å². The maximum absolute atomic E-state index is 12.9. The van der Waals surface area contributed by atoms with E-state index in [1.165, 1.54) is 6.07 Å². The van der Waals surface area contributed by atoms with Gasteiger partial charge in [-0.25, -0.2) is 4.39 Å². The van der Waals surface area contributed by atoms with Crippen LogP contribution in [0.5, 0.6) is 0 Å². The molecule has 0 saturated carbocycles. The third kappa shape index (κ3) is 1.18. The molecule has 0 atom stereocenters. The number of nitrogens with two attached hydrogens (primary N) is 1. The summed E-state index contributed by atoms with van der Waals surface area (Å²) in [6.07, 6.45) is 0. The highest BCUT2D eigenvalue weighted by Gasteiger charge is 2.18. The number of carbonyl (C=O) groups is 1. The van der Waals surface area contributed by atoms with Crippen LogP contribution in [0.15, 0.2) is 12.1 Å². The second-order valence-corrected chi connectivity index (χ2v) is 2.77. The first kappa shape index (κ1) is 7.85. The quantitative estimate of drug-likeness (QED) is 0.598. The number of nitrogens with one attached hydrogen (secondary N) is 2. The van der Waals surface area contributed by atoms with Gasteiger partial charge in [-0.05, 0) is 12.1 Å². The van der Waals surface area contributed by atoms with Crippen molar-refractivity contribution in [2.45, 2.75) is 0 Å². The van der Waals surface area contributed by atoms with E-state index in [1.807, 2.05) is 0 Å². The number of hydrogen-bond donors (Lipinski definition) is 3. The highest BCUT2D eigenvalue weighted by atomic mass is 19.1. The van der Waals surface area contributed by atoms with E-state index < -0.39 is 11.7 Å². The first-order chi connectivity index (χ1) is 6.18. The Morgan fingerprint density at radius 3 is 2.92 bits per heavy atom. The molecule has 0 spiro atoms. The zero-order chi connectivity index (χ0) is 9.42. The minimum absolute atomic E-state index is 0.181. The Bertz CT molecular complexity index is 378. The van der Waals surface area contributed by atoms with Gasteiger partial charge in [0.2, 0.25) is 0 Å². The molecule has 1 aromatic rings. The topological polar surface area (TPSA) is 67.2 Å². The van der Waals surface area contributed by atoms with Crippen LogP contribution in [0.4, 0.5) is 15.8 Å². The van der Waals surface area contributed by atoms with E-state index in [0.717, 1.165) is 6.07 Å². The lowest BCUT2D eigenvalue weighted by Gasteiger charge is -2.03. The van der Waals surface area contributed by atoms with Crippen molar-refractivity contribution in [2.75, 3.05) is 17.3 Å². The number of hydrogen-bond acceptors (Lipinski definition) is 3. The molecular formula is C8H8FN3O. The van der Waals surface area contributed by atoms with Crippen LogP contribution in [-0.4, -0.2) is 12.6 Å². The van der Waals surface area contributed by atoms with Crippen LogP contribution in [0.3, 0.4) is 0 Å². The minimum Gasteiger partial charge on any atom is -0.366 e. The highest BCUT2D eigenvalue weighted by molar-refractivity contribution is 6.02. The van der Waals surface area contributed by atoms with Crippen LogP contribution in [0.1, 0.15) is 10.4 Å². The zero-order valence-electron chi connectivity index (χ0n) is 6.73. The van der Waals surface area contributed by atoms with E-state index >= 15 is 0 Å². The number of primary amides is 1. The van der Waals surface area contributed by atoms with Crippen molar-refractivity contribution in [1.82, 2.24) is 0 Å². The van der Waals surface area contributed by atoms with Crippen LogP contribution in [0, 0.1) is 5.82 Å². The van der Waals surface area contributed by atoms with E-state index in [9.17, 15) is 9.18 Å². The van der Waals surface area contributed by atoms with Gasteiger partial charge in [-0.1, -0.05) is 0 Å². The summed E-state index contributed by atoms with van der Waals surface area (Å²) in [5.41, 5.74) is 6.42. The lowest BCUT2D eigenvalue weighted by Crippen LogP contribution is -2.13.